The molecule has 0 saturated heterocycles. The molecule has 0 saturated carbocycles. The molecule has 0 fully saturated rings. The van der Waals surface area contributed by atoms with Crippen LogP contribution in [0, 0.1) is 0 Å². The highest BCUT2D eigenvalue weighted by Crippen LogP contribution is 2.44. The van der Waals surface area contributed by atoms with Crippen LogP contribution < -0.4 is 0 Å². The maximum absolute atomic E-state index is 9.92. The zero-order valence-corrected chi connectivity index (χ0v) is 15.6. The average molecular weight is 340 g/mol. The third-order valence-electron chi connectivity index (χ3n) is 5.81. The Bertz CT molecular complexity index is 1070. The van der Waals surface area contributed by atoms with Gasteiger partial charge in [0, 0.05) is 0 Å². The summed E-state index contributed by atoms with van der Waals surface area (Å²) >= 11 is 0. The van der Waals surface area contributed by atoms with Crippen LogP contribution in [0.4, 0.5) is 0 Å². The molecule has 3 aromatic carbocycles. The molecule has 0 heterocycles. The normalized spacial score (nSPS) is 14.6. The lowest BCUT2D eigenvalue weighted by molar-refractivity contribution is 0.282. The van der Waals surface area contributed by atoms with Crippen LogP contribution in [0.1, 0.15) is 38.3 Å². The highest BCUT2D eigenvalue weighted by atomic mass is 16.3. The van der Waals surface area contributed by atoms with Crippen molar-refractivity contribution in [3.8, 4) is 11.1 Å². The lowest BCUT2D eigenvalue weighted by atomic mass is 9.86. The Morgan fingerprint density at radius 3 is 2.23 bits per heavy atom. The quantitative estimate of drug-likeness (QED) is 0.576. The largest absolute Gasteiger partial charge is 0.392 e. The fourth-order valence-corrected chi connectivity index (χ4v) is 4.09. The maximum Gasteiger partial charge on any atom is 0.0687 e. The number of fused-ring (bicyclic) bond motifs is 1. The average Bonchev–Trinajstić information content (AvgIpc) is 2.94. The van der Waals surface area contributed by atoms with E-state index in [1.165, 1.54) is 44.2 Å². The van der Waals surface area contributed by atoms with Gasteiger partial charge in [0.25, 0.3) is 0 Å². The minimum absolute atomic E-state index is 0.0488. The number of allylic oxidation sites excluding steroid dienone is 4. The minimum atomic E-state index is 0.0488. The van der Waals surface area contributed by atoms with E-state index in [0.717, 1.165) is 17.5 Å². The summed E-state index contributed by atoms with van der Waals surface area (Å²) in [7, 11) is 0. The third-order valence-corrected chi connectivity index (χ3v) is 5.81. The first-order chi connectivity index (χ1) is 12.6. The highest BCUT2D eigenvalue weighted by Gasteiger charge is 2.22. The van der Waals surface area contributed by atoms with E-state index in [-0.39, 0.29) is 6.61 Å². The van der Waals surface area contributed by atoms with Crippen molar-refractivity contribution in [1.29, 1.82) is 0 Å². The molecule has 3 aromatic rings. The van der Waals surface area contributed by atoms with Gasteiger partial charge in [-0.3, -0.25) is 0 Å². The summed E-state index contributed by atoms with van der Waals surface area (Å²) in [6.07, 6.45) is 1.00. The molecule has 1 aliphatic carbocycles. The Labute approximate surface area is 155 Å². The summed E-state index contributed by atoms with van der Waals surface area (Å²) < 4.78 is 0. The van der Waals surface area contributed by atoms with Gasteiger partial charge < -0.3 is 5.11 Å². The summed E-state index contributed by atoms with van der Waals surface area (Å²) in [5.74, 6) is 0. The van der Waals surface area contributed by atoms with E-state index in [0.29, 0.717) is 0 Å². The van der Waals surface area contributed by atoms with Gasteiger partial charge in [0.05, 0.1) is 6.61 Å². The number of aliphatic hydroxyl groups is 1. The molecule has 0 bridgehead atoms. The molecule has 0 radical (unpaired) electrons. The van der Waals surface area contributed by atoms with Crippen LogP contribution in [0.5, 0.6) is 0 Å². The molecular formula is C25H24O. The Kier molecular flexibility index (Phi) is 4.26. The molecule has 4 rings (SSSR count). The number of rotatable bonds is 3. The van der Waals surface area contributed by atoms with Crippen molar-refractivity contribution in [3.63, 3.8) is 0 Å². The first-order valence-electron chi connectivity index (χ1n) is 9.19. The van der Waals surface area contributed by atoms with Crippen LogP contribution >= 0.6 is 0 Å². The van der Waals surface area contributed by atoms with Crippen LogP contribution in [-0.4, -0.2) is 5.11 Å². The number of hydrogen-bond donors (Lipinski definition) is 1. The molecule has 130 valence electrons. The molecule has 1 N–H and O–H groups in total. The fraction of sp³-hybridized carbons (Fsp3) is 0.200. The maximum atomic E-state index is 9.92. The van der Waals surface area contributed by atoms with Crippen LogP contribution in [0.25, 0.3) is 27.5 Å². The lowest BCUT2D eigenvalue weighted by Gasteiger charge is -2.18. The van der Waals surface area contributed by atoms with Crippen molar-refractivity contribution < 1.29 is 5.11 Å². The zero-order valence-electron chi connectivity index (χ0n) is 15.6. The highest BCUT2D eigenvalue weighted by molar-refractivity contribution is 6.03. The first-order valence-corrected chi connectivity index (χ1v) is 9.19. The van der Waals surface area contributed by atoms with Crippen LogP contribution in [0.2, 0.25) is 0 Å². The van der Waals surface area contributed by atoms with Crippen molar-refractivity contribution in [3.05, 3.63) is 88.5 Å². The zero-order chi connectivity index (χ0) is 18.3. The second-order valence-electron chi connectivity index (χ2n) is 7.21. The molecule has 1 aliphatic rings. The van der Waals surface area contributed by atoms with E-state index in [4.69, 9.17) is 0 Å². The molecule has 0 atom stereocenters. The van der Waals surface area contributed by atoms with Gasteiger partial charge >= 0.3 is 0 Å². The second-order valence-corrected chi connectivity index (χ2v) is 7.21. The van der Waals surface area contributed by atoms with Crippen molar-refractivity contribution >= 4 is 16.3 Å². The fourth-order valence-electron chi connectivity index (χ4n) is 4.09. The molecule has 0 spiro atoms. The van der Waals surface area contributed by atoms with Crippen molar-refractivity contribution in [2.24, 2.45) is 0 Å². The predicted molar refractivity (Wildman–Crippen MR) is 111 cm³/mol. The number of aliphatic hydroxyl groups excluding tert-OH is 1. The first kappa shape index (κ1) is 16.8. The Balaban J connectivity index is 2.07. The molecule has 26 heavy (non-hydrogen) atoms. The SMILES string of the molecule is CC1=C(C)C(C)=C(c2ccc3ccccc3c2-c2ccccc2CO)C1. The molecule has 0 aliphatic heterocycles. The Hall–Kier alpha value is -2.64. The number of hydrogen-bond acceptors (Lipinski definition) is 1. The molecular weight excluding hydrogens is 316 g/mol. The third kappa shape index (κ3) is 2.60. The van der Waals surface area contributed by atoms with Gasteiger partial charge in [-0.15, -0.1) is 0 Å². The molecule has 0 amide bonds. The van der Waals surface area contributed by atoms with Gasteiger partial charge in [-0.2, -0.15) is 0 Å². The number of benzene rings is 3. The van der Waals surface area contributed by atoms with E-state index in [2.05, 4.69) is 69.3 Å². The van der Waals surface area contributed by atoms with Crippen LogP contribution in [-0.2, 0) is 6.61 Å². The minimum Gasteiger partial charge on any atom is -0.392 e. The van der Waals surface area contributed by atoms with Gasteiger partial charge in [-0.1, -0.05) is 66.2 Å². The van der Waals surface area contributed by atoms with Gasteiger partial charge in [0.2, 0.25) is 0 Å². The summed E-state index contributed by atoms with van der Waals surface area (Å²) in [5.41, 5.74) is 10.3. The van der Waals surface area contributed by atoms with Crippen molar-refractivity contribution in [1.82, 2.24) is 0 Å². The van der Waals surface area contributed by atoms with E-state index >= 15 is 0 Å². The second kappa shape index (κ2) is 6.59. The molecule has 0 unspecified atom stereocenters. The van der Waals surface area contributed by atoms with E-state index in [1.807, 2.05) is 12.1 Å². The Morgan fingerprint density at radius 1 is 0.769 bits per heavy atom. The smallest absolute Gasteiger partial charge is 0.0687 e. The van der Waals surface area contributed by atoms with Crippen LogP contribution in [0.3, 0.4) is 0 Å². The lowest BCUT2D eigenvalue weighted by Crippen LogP contribution is -1.96. The molecule has 1 heteroatoms. The van der Waals surface area contributed by atoms with Crippen LogP contribution in [0.15, 0.2) is 77.4 Å². The van der Waals surface area contributed by atoms with Gasteiger partial charge in [-0.05, 0) is 76.9 Å². The monoisotopic (exact) mass is 340 g/mol. The standard InChI is InChI=1S/C25H24O/c1-16-14-24(18(3)17(16)2)23-13-12-19-8-4-6-10-21(19)25(23)22-11-7-5-9-20(22)15-26/h4-13,26H,14-15H2,1-3H3. The van der Waals surface area contributed by atoms with Crippen molar-refractivity contribution in [2.75, 3.05) is 0 Å². The van der Waals surface area contributed by atoms with E-state index in [9.17, 15) is 5.11 Å². The van der Waals surface area contributed by atoms with E-state index < -0.39 is 0 Å². The summed E-state index contributed by atoms with van der Waals surface area (Å²) in [6.45, 7) is 6.74. The summed E-state index contributed by atoms with van der Waals surface area (Å²) in [4.78, 5) is 0. The van der Waals surface area contributed by atoms with Crippen molar-refractivity contribution in [2.45, 2.75) is 33.8 Å². The van der Waals surface area contributed by atoms with Gasteiger partial charge in [0.15, 0.2) is 0 Å². The topological polar surface area (TPSA) is 20.2 Å². The Morgan fingerprint density at radius 2 is 1.50 bits per heavy atom. The summed E-state index contributed by atoms with van der Waals surface area (Å²) in [6, 6.07) is 21.2. The summed E-state index contributed by atoms with van der Waals surface area (Å²) in [5, 5.41) is 12.4. The predicted octanol–water partition coefficient (Wildman–Crippen LogP) is 6.51. The molecule has 0 aromatic heterocycles. The van der Waals surface area contributed by atoms with Gasteiger partial charge in [0.1, 0.15) is 0 Å². The van der Waals surface area contributed by atoms with E-state index in [1.54, 1.807) is 0 Å². The van der Waals surface area contributed by atoms with Gasteiger partial charge in [-0.25, -0.2) is 0 Å². The molecule has 1 nitrogen and oxygen atoms in total.